The lowest BCUT2D eigenvalue weighted by molar-refractivity contribution is 0.700. The number of aromatic nitrogens is 3. The van der Waals surface area contributed by atoms with Crippen molar-refractivity contribution in [1.29, 1.82) is 0 Å². The van der Waals surface area contributed by atoms with Crippen LogP contribution in [0.15, 0.2) is 53.6 Å². The molecule has 3 heterocycles. The van der Waals surface area contributed by atoms with Gasteiger partial charge in [-0.05, 0) is 79.8 Å². The van der Waals surface area contributed by atoms with Crippen LogP contribution in [0.25, 0.3) is 15.8 Å². The summed E-state index contributed by atoms with van der Waals surface area (Å²) in [6.07, 6.45) is 9.77. The first-order valence-electron chi connectivity index (χ1n) is 9.91. The van der Waals surface area contributed by atoms with E-state index in [1.54, 1.807) is 10.8 Å². The molecule has 0 radical (unpaired) electrons. The Morgan fingerprint density at radius 2 is 1.90 bits per heavy atom. The van der Waals surface area contributed by atoms with Crippen molar-refractivity contribution in [3.8, 4) is 5.69 Å². The highest BCUT2D eigenvalue weighted by atomic mass is 35.5. The first kappa shape index (κ1) is 18.5. The highest BCUT2D eigenvalue weighted by Crippen LogP contribution is 2.37. The van der Waals surface area contributed by atoms with Gasteiger partial charge in [-0.2, -0.15) is 4.98 Å². The molecule has 0 bridgehead atoms. The second kappa shape index (κ2) is 7.73. The fourth-order valence-electron chi connectivity index (χ4n) is 3.99. The van der Waals surface area contributed by atoms with Crippen LogP contribution in [0.3, 0.4) is 0 Å². The monoisotopic (exact) mass is 421 g/mol. The third kappa shape index (κ3) is 3.72. The van der Waals surface area contributed by atoms with Crippen molar-refractivity contribution in [2.75, 3.05) is 0 Å². The average Bonchev–Trinajstić information content (AvgIpc) is 3.11. The topological polar surface area (TPSA) is 47.8 Å². The molecule has 1 aromatic carbocycles. The maximum absolute atomic E-state index is 12.6. The number of fused-ring (bicyclic) bond motifs is 3. The molecule has 0 N–H and O–H groups in total. The van der Waals surface area contributed by atoms with Gasteiger partial charge in [-0.15, -0.1) is 11.3 Å². The number of pyridine rings is 1. The summed E-state index contributed by atoms with van der Waals surface area (Å²) in [5.41, 5.74) is 3.86. The predicted molar refractivity (Wildman–Crippen MR) is 119 cm³/mol. The standard InChI is InChI=1S/C23H20ClN3OS/c24-15-5-6-16(25-14-15)7-8-17-11-12-27(23(28)26-17)18-9-10-20-19-3-1-2-4-21(19)29-22(20)13-18/h5-6,9-14H,1-4,7-8H2. The molecule has 1 aliphatic carbocycles. The molecule has 6 heteroatoms. The normalized spacial score (nSPS) is 13.6. The molecule has 4 nitrogen and oxygen atoms in total. The van der Waals surface area contributed by atoms with E-state index in [4.69, 9.17) is 11.6 Å². The highest BCUT2D eigenvalue weighted by Gasteiger charge is 2.16. The van der Waals surface area contributed by atoms with Gasteiger partial charge in [-0.3, -0.25) is 9.55 Å². The molecule has 146 valence electrons. The number of nitrogens with zero attached hydrogens (tertiary/aromatic N) is 3. The Morgan fingerprint density at radius 3 is 2.72 bits per heavy atom. The van der Waals surface area contributed by atoms with E-state index in [2.05, 4.69) is 22.1 Å². The van der Waals surface area contributed by atoms with Crippen molar-refractivity contribution in [3.05, 3.63) is 86.1 Å². The zero-order valence-electron chi connectivity index (χ0n) is 15.9. The van der Waals surface area contributed by atoms with Crippen LogP contribution in [0.4, 0.5) is 0 Å². The number of hydrogen-bond acceptors (Lipinski definition) is 4. The second-order valence-corrected chi connectivity index (χ2v) is 9.00. The van der Waals surface area contributed by atoms with Crippen LogP contribution in [-0.2, 0) is 25.7 Å². The van der Waals surface area contributed by atoms with E-state index in [-0.39, 0.29) is 5.69 Å². The highest BCUT2D eigenvalue weighted by molar-refractivity contribution is 7.19. The molecule has 0 fully saturated rings. The minimum absolute atomic E-state index is 0.243. The van der Waals surface area contributed by atoms with Crippen LogP contribution in [0, 0.1) is 0 Å². The Morgan fingerprint density at radius 1 is 1.03 bits per heavy atom. The van der Waals surface area contributed by atoms with E-state index < -0.39 is 0 Å². The van der Waals surface area contributed by atoms with Crippen molar-refractivity contribution in [3.63, 3.8) is 0 Å². The van der Waals surface area contributed by atoms with Crippen molar-refractivity contribution < 1.29 is 0 Å². The summed E-state index contributed by atoms with van der Waals surface area (Å²) < 4.78 is 2.89. The maximum Gasteiger partial charge on any atom is 0.352 e. The molecule has 29 heavy (non-hydrogen) atoms. The number of benzene rings is 1. The number of rotatable bonds is 4. The van der Waals surface area contributed by atoms with E-state index in [1.807, 2.05) is 41.8 Å². The third-order valence-corrected chi connectivity index (χ3v) is 6.98. The Labute approximate surface area is 177 Å². The lowest BCUT2D eigenvalue weighted by atomic mass is 9.96. The predicted octanol–water partition coefficient (Wildman–Crippen LogP) is 5.16. The van der Waals surface area contributed by atoms with Crippen LogP contribution in [0.5, 0.6) is 0 Å². The van der Waals surface area contributed by atoms with E-state index in [1.165, 1.54) is 46.2 Å². The molecule has 0 unspecified atom stereocenters. The van der Waals surface area contributed by atoms with Crippen LogP contribution < -0.4 is 5.69 Å². The van der Waals surface area contributed by atoms with Gasteiger partial charge in [-0.1, -0.05) is 17.7 Å². The van der Waals surface area contributed by atoms with Crippen LogP contribution in [-0.4, -0.2) is 14.5 Å². The lowest BCUT2D eigenvalue weighted by Crippen LogP contribution is -2.22. The molecule has 0 saturated carbocycles. The van der Waals surface area contributed by atoms with Gasteiger partial charge in [-0.25, -0.2) is 4.79 Å². The van der Waals surface area contributed by atoms with E-state index in [0.29, 0.717) is 11.4 Å². The molecule has 0 aliphatic heterocycles. The fraction of sp³-hybridized carbons (Fsp3) is 0.261. The zero-order valence-corrected chi connectivity index (χ0v) is 17.5. The third-order valence-electron chi connectivity index (χ3n) is 5.51. The molecule has 1 aliphatic rings. The average molecular weight is 422 g/mol. The fourth-order valence-corrected chi connectivity index (χ4v) is 5.43. The van der Waals surface area contributed by atoms with Gasteiger partial charge in [0.2, 0.25) is 0 Å². The Balaban J connectivity index is 1.39. The molecule has 4 aromatic rings. The summed E-state index contributed by atoms with van der Waals surface area (Å²) in [6.45, 7) is 0. The van der Waals surface area contributed by atoms with Crippen LogP contribution in [0.2, 0.25) is 5.02 Å². The van der Waals surface area contributed by atoms with E-state index in [9.17, 15) is 4.79 Å². The summed E-state index contributed by atoms with van der Waals surface area (Å²) in [7, 11) is 0. The van der Waals surface area contributed by atoms with Gasteiger partial charge in [0.05, 0.1) is 10.7 Å². The summed E-state index contributed by atoms with van der Waals surface area (Å²) in [6, 6.07) is 12.0. The number of hydrogen-bond donors (Lipinski definition) is 0. The van der Waals surface area contributed by atoms with Gasteiger partial charge >= 0.3 is 5.69 Å². The van der Waals surface area contributed by atoms with Crippen molar-refractivity contribution in [2.24, 2.45) is 0 Å². The van der Waals surface area contributed by atoms with Crippen LogP contribution >= 0.6 is 22.9 Å². The Hall–Kier alpha value is -2.50. The summed E-state index contributed by atoms with van der Waals surface area (Å²) in [5, 5.41) is 1.97. The number of halogens is 1. The zero-order chi connectivity index (χ0) is 19.8. The second-order valence-electron chi connectivity index (χ2n) is 7.43. The van der Waals surface area contributed by atoms with Crippen molar-refractivity contribution >= 4 is 33.0 Å². The number of aryl methyl sites for hydroxylation is 4. The van der Waals surface area contributed by atoms with Gasteiger partial charge in [0.1, 0.15) is 0 Å². The molecule has 5 rings (SSSR count). The smallest absolute Gasteiger partial charge is 0.268 e. The lowest BCUT2D eigenvalue weighted by Gasteiger charge is -2.10. The summed E-state index contributed by atoms with van der Waals surface area (Å²) >= 11 is 7.75. The van der Waals surface area contributed by atoms with Crippen LogP contribution in [0.1, 0.15) is 34.7 Å². The quantitative estimate of drug-likeness (QED) is 0.457. The minimum Gasteiger partial charge on any atom is -0.268 e. The number of thiophene rings is 1. The molecule has 0 amide bonds. The van der Waals surface area contributed by atoms with Gasteiger partial charge in [0, 0.05) is 33.4 Å². The molecule has 0 saturated heterocycles. The van der Waals surface area contributed by atoms with Gasteiger partial charge in [0.15, 0.2) is 0 Å². The Bertz CT molecular complexity index is 1240. The van der Waals surface area contributed by atoms with Crippen molar-refractivity contribution in [2.45, 2.75) is 38.5 Å². The van der Waals surface area contributed by atoms with E-state index >= 15 is 0 Å². The van der Waals surface area contributed by atoms with Gasteiger partial charge in [0.25, 0.3) is 0 Å². The molecular formula is C23H20ClN3OS. The largest absolute Gasteiger partial charge is 0.352 e. The SMILES string of the molecule is O=c1nc(CCc2ccc(Cl)cn2)ccn1-c1ccc2c3c(sc2c1)CCCC3. The Kier molecular flexibility index (Phi) is 4.94. The van der Waals surface area contributed by atoms with Crippen molar-refractivity contribution in [1.82, 2.24) is 14.5 Å². The molecular weight excluding hydrogens is 402 g/mol. The molecule has 3 aromatic heterocycles. The first-order chi connectivity index (χ1) is 14.2. The first-order valence-corrected chi connectivity index (χ1v) is 11.1. The van der Waals surface area contributed by atoms with E-state index in [0.717, 1.165) is 23.5 Å². The molecule has 0 spiro atoms. The summed E-state index contributed by atoms with van der Waals surface area (Å²) in [5.74, 6) is 0. The van der Waals surface area contributed by atoms with Gasteiger partial charge < -0.3 is 0 Å². The maximum atomic E-state index is 12.6. The summed E-state index contributed by atoms with van der Waals surface area (Å²) in [4.78, 5) is 22.7. The molecule has 0 atom stereocenters. The minimum atomic E-state index is -0.243.